The number of aromatic hydroxyl groups is 1. The van der Waals surface area contributed by atoms with Crippen molar-refractivity contribution in [3.05, 3.63) is 59.9 Å². The lowest BCUT2D eigenvalue weighted by Gasteiger charge is -2.05. The van der Waals surface area contributed by atoms with Crippen molar-refractivity contribution in [1.82, 2.24) is 0 Å². The molecule has 0 amide bonds. The number of phenols is 1. The molecule has 1 N–H and O–H groups in total. The molecule has 0 unspecified atom stereocenters. The van der Waals surface area contributed by atoms with Gasteiger partial charge in [0, 0.05) is 17.0 Å². The van der Waals surface area contributed by atoms with Crippen LogP contribution >= 0.6 is 0 Å². The van der Waals surface area contributed by atoms with E-state index in [1.807, 2.05) is 31.2 Å². The third-order valence-corrected chi connectivity index (χ3v) is 3.09. The molecule has 19 heavy (non-hydrogen) atoms. The van der Waals surface area contributed by atoms with Gasteiger partial charge in [-0.25, -0.2) is 0 Å². The number of aryl methyl sites for hydroxylation is 1. The summed E-state index contributed by atoms with van der Waals surface area (Å²) in [5.74, 6) is 0.840. The number of benzene rings is 2. The second kappa shape index (κ2) is 4.69. The van der Waals surface area contributed by atoms with Crippen molar-refractivity contribution in [2.45, 2.75) is 13.5 Å². The summed E-state index contributed by atoms with van der Waals surface area (Å²) in [6, 6.07) is 12.8. The van der Waals surface area contributed by atoms with Gasteiger partial charge in [0.05, 0.1) is 6.26 Å². The summed E-state index contributed by atoms with van der Waals surface area (Å²) >= 11 is 0. The highest BCUT2D eigenvalue weighted by atomic mass is 16.5. The van der Waals surface area contributed by atoms with Crippen LogP contribution in [0.5, 0.6) is 11.5 Å². The molecule has 0 saturated carbocycles. The molecular formula is C16H14O3. The standard InChI is InChI=1S/C16H14O3/c1-11-4-2-7-15-12(10-19-16(11)15)9-18-14-6-3-5-13(17)8-14/h2-8,10,17H,9H2,1H3. The minimum absolute atomic E-state index is 0.199. The summed E-state index contributed by atoms with van der Waals surface area (Å²) in [5.41, 5.74) is 3.01. The lowest BCUT2D eigenvalue weighted by Crippen LogP contribution is -1.94. The van der Waals surface area contributed by atoms with Crippen molar-refractivity contribution < 1.29 is 14.3 Å². The zero-order valence-corrected chi connectivity index (χ0v) is 10.6. The third-order valence-electron chi connectivity index (χ3n) is 3.09. The van der Waals surface area contributed by atoms with Crippen LogP contribution in [0, 0.1) is 6.92 Å². The van der Waals surface area contributed by atoms with E-state index in [0.29, 0.717) is 12.4 Å². The average Bonchev–Trinajstić information content (AvgIpc) is 2.81. The Bertz CT molecular complexity index is 713. The highest BCUT2D eigenvalue weighted by Crippen LogP contribution is 2.26. The Morgan fingerprint density at radius 1 is 1.16 bits per heavy atom. The molecular weight excluding hydrogens is 240 g/mol. The van der Waals surface area contributed by atoms with Gasteiger partial charge in [-0.2, -0.15) is 0 Å². The number of furan rings is 1. The lowest BCUT2D eigenvalue weighted by molar-refractivity contribution is 0.304. The Morgan fingerprint density at radius 3 is 2.84 bits per heavy atom. The van der Waals surface area contributed by atoms with Gasteiger partial charge in [-0.05, 0) is 24.6 Å². The summed E-state index contributed by atoms with van der Waals surface area (Å²) < 4.78 is 11.2. The average molecular weight is 254 g/mol. The molecule has 3 heteroatoms. The first-order valence-electron chi connectivity index (χ1n) is 6.11. The highest BCUT2D eigenvalue weighted by Gasteiger charge is 2.08. The highest BCUT2D eigenvalue weighted by molar-refractivity contribution is 5.83. The van der Waals surface area contributed by atoms with Crippen LogP contribution < -0.4 is 4.74 Å². The second-order valence-corrected chi connectivity index (χ2v) is 4.50. The maximum Gasteiger partial charge on any atom is 0.137 e. The normalized spacial score (nSPS) is 10.8. The number of hydrogen-bond donors (Lipinski definition) is 1. The summed E-state index contributed by atoms with van der Waals surface area (Å²) in [5, 5.41) is 10.4. The van der Waals surface area contributed by atoms with E-state index >= 15 is 0 Å². The molecule has 1 aromatic heterocycles. The van der Waals surface area contributed by atoms with Gasteiger partial charge in [0.1, 0.15) is 23.7 Å². The molecule has 0 spiro atoms. The van der Waals surface area contributed by atoms with E-state index < -0.39 is 0 Å². The van der Waals surface area contributed by atoms with Crippen LogP contribution in [0.2, 0.25) is 0 Å². The fourth-order valence-corrected chi connectivity index (χ4v) is 2.10. The molecule has 0 saturated heterocycles. The monoisotopic (exact) mass is 254 g/mol. The van der Waals surface area contributed by atoms with Crippen molar-refractivity contribution in [2.75, 3.05) is 0 Å². The fraction of sp³-hybridized carbons (Fsp3) is 0.125. The van der Waals surface area contributed by atoms with Crippen LogP contribution in [-0.2, 0) is 6.61 Å². The van der Waals surface area contributed by atoms with E-state index in [0.717, 1.165) is 22.1 Å². The molecule has 3 rings (SSSR count). The molecule has 1 heterocycles. The minimum atomic E-state index is 0.199. The van der Waals surface area contributed by atoms with E-state index in [1.54, 1.807) is 24.5 Å². The summed E-state index contributed by atoms with van der Waals surface area (Å²) in [4.78, 5) is 0. The Labute approximate surface area is 111 Å². The van der Waals surface area contributed by atoms with Gasteiger partial charge in [0.25, 0.3) is 0 Å². The second-order valence-electron chi connectivity index (χ2n) is 4.50. The number of phenolic OH excluding ortho intramolecular Hbond substituents is 1. The number of hydrogen-bond acceptors (Lipinski definition) is 3. The molecule has 0 atom stereocenters. The zero-order chi connectivity index (χ0) is 13.2. The molecule has 3 aromatic rings. The van der Waals surface area contributed by atoms with Crippen LogP contribution in [0.1, 0.15) is 11.1 Å². The molecule has 0 fully saturated rings. The van der Waals surface area contributed by atoms with E-state index in [1.165, 1.54) is 0 Å². The molecule has 0 aliphatic rings. The van der Waals surface area contributed by atoms with Crippen LogP contribution in [0.3, 0.4) is 0 Å². The fourth-order valence-electron chi connectivity index (χ4n) is 2.10. The van der Waals surface area contributed by atoms with E-state index in [4.69, 9.17) is 9.15 Å². The van der Waals surface area contributed by atoms with Gasteiger partial charge in [0.15, 0.2) is 0 Å². The number of ether oxygens (including phenoxy) is 1. The van der Waals surface area contributed by atoms with Crippen LogP contribution in [-0.4, -0.2) is 5.11 Å². The predicted molar refractivity (Wildman–Crippen MR) is 73.4 cm³/mol. The Hall–Kier alpha value is -2.42. The SMILES string of the molecule is Cc1cccc2c(COc3cccc(O)c3)coc12. The van der Waals surface area contributed by atoms with Crippen molar-refractivity contribution in [1.29, 1.82) is 0 Å². The van der Waals surface area contributed by atoms with E-state index in [2.05, 4.69) is 0 Å². The minimum Gasteiger partial charge on any atom is -0.508 e. The maximum absolute atomic E-state index is 9.38. The largest absolute Gasteiger partial charge is 0.508 e. The lowest BCUT2D eigenvalue weighted by atomic mass is 10.1. The Kier molecular flexibility index (Phi) is 2.88. The van der Waals surface area contributed by atoms with E-state index in [9.17, 15) is 5.11 Å². The first-order chi connectivity index (χ1) is 9.24. The maximum atomic E-state index is 9.38. The molecule has 96 valence electrons. The summed E-state index contributed by atoms with van der Waals surface area (Å²) in [6.07, 6.45) is 1.72. The molecule has 0 aliphatic heterocycles. The molecule has 2 aromatic carbocycles. The topological polar surface area (TPSA) is 42.6 Å². The third kappa shape index (κ3) is 2.27. The number of para-hydroxylation sites is 1. The van der Waals surface area contributed by atoms with Gasteiger partial charge in [-0.1, -0.05) is 24.3 Å². The smallest absolute Gasteiger partial charge is 0.137 e. The Balaban J connectivity index is 1.84. The van der Waals surface area contributed by atoms with Gasteiger partial charge in [-0.15, -0.1) is 0 Å². The quantitative estimate of drug-likeness (QED) is 0.767. The first-order valence-corrected chi connectivity index (χ1v) is 6.11. The molecule has 0 bridgehead atoms. The van der Waals surface area contributed by atoms with Gasteiger partial charge >= 0.3 is 0 Å². The first kappa shape index (κ1) is 11.7. The van der Waals surface area contributed by atoms with Gasteiger partial charge in [0.2, 0.25) is 0 Å². The van der Waals surface area contributed by atoms with Crippen LogP contribution in [0.4, 0.5) is 0 Å². The van der Waals surface area contributed by atoms with Crippen molar-refractivity contribution >= 4 is 11.0 Å². The van der Waals surface area contributed by atoms with Crippen LogP contribution in [0.25, 0.3) is 11.0 Å². The van der Waals surface area contributed by atoms with Crippen LogP contribution in [0.15, 0.2) is 53.1 Å². The molecule has 0 radical (unpaired) electrons. The zero-order valence-electron chi connectivity index (χ0n) is 10.6. The number of fused-ring (bicyclic) bond motifs is 1. The van der Waals surface area contributed by atoms with Crippen molar-refractivity contribution in [3.63, 3.8) is 0 Å². The van der Waals surface area contributed by atoms with Crippen molar-refractivity contribution in [3.8, 4) is 11.5 Å². The summed E-state index contributed by atoms with van der Waals surface area (Å²) in [6.45, 7) is 2.44. The summed E-state index contributed by atoms with van der Waals surface area (Å²) in [7, 11) is 0. The van der Waals surface area contributed by atoms with Gasteiger partial charge < -0.3 is 14.3 Å². The molecule has 3 nitrogen and oxygen atoms in total. The number of rotatable bonds is 3. The van der Waals surface area contributed by atoms with E-state index in [-0.39, 0.29) is 5.75 Å². The van der Waals surface area contributed by atoms with Gasteiger partial charge in [-0.3, -0.25) is 0 Å². The van der Waals surface area contributed by atoms with Crippen molar-refractivity contribution in [2.24, 2.45) is 0 Å². The molecule has 0 aliphatic carbocycles. The Morgan fingerprint density at radius 2 is 2.00 bits per heavy atom. The predicted octanol–water partition coefficient (Wildman–Crippen LogP) is 4.03.